The smallest absolute Gasteiger partial charge is 0.293 e. The van der Waals surface area contributed by atoms with Crippen molar-refractivity contribution in [1.29, 1.82) is 0 Å². The molecule has 0 aliphatic carbocycles. The van der Waals surface area contributed by atoms with Crippen LogP contribution in [0.2, 0.25) is 10.0 Å². The van der Waals surface area contributed by atoms with E-state index < -0.39 is 0 Å². The molecule has 0 radical (unpaired) electrons. The van der Waals surface area contributed by atoms with Gasteiger partial charge in [0.15, 0.2) is 11.5 Å². The maximum Gasteiger partial charge on any atom is 0.293 e. The maximum absolute atomic E-state index is 12.7. The van der Waals surface area contributed by atoms with E-state index in [0.29, 0.717) is 44.2 Å². The first kappa shape index (κ1) is 20.6. The second kappa shape index (κ2) is 8.90. The van der Waals surface area contributed by atoms with Crippen molar-refractivity contribution >= 4 is 52.2 Å². The molecule has 1 heterocycles. The third-order valence-corrected chi connectivity index (χ3v) is 5.55. The van der Waals surface area contributed by atoms with Crippen LogP contribution < -0.4 is 9.47 Å². The molecule has 1 aliphatic rings. The van der Waals surface area contributed by atoms with E-state index in [1.54, 1.807) is 36.4 Å². The van der Waals surface area contributed by atoms with Gasteiger partial charge >= 0.3 is 0 Å². The highest BCUT2D eigenvalue weighted by Crippen LogP contribution is 2.39. The van der Waals surface area contributed by atoms with Gasteiger partial charge in [0.05, 0.1) is 30.2 Å². The molecule has 8 heteroatoms. The molecular weight excluding hydrogens is 421 g/mol. The summed E-state index contributed by atoms with van der Waals surface area (Å²) in [5, 5.41) is 0.518. The summed E-state index contributed by atoms with van der Waals surface area (Å²) in [4.78, 5) is 26.6. The minimum Gasteiger partial charge on any atom is -0.491 e. The van der Waals surface area contributed by atoms with Crippen molar-refractivity contribution in [3.8, 4) is 11.5 Å². The van der Waals surface area contributed by atoms with Gasteiger partial charge in [-0.05, 0) is 54.1 Å². The molecule has 0 N–H and O–H groups in total. The van der Waals surface area contributed by atoms with Crippen LogP contribution in [0.15, 0.2) is 41.3 Å². The van der Waals surface area contributed by atoms with Crippen LogP contribution in [0.25, 0.3) is 6.08 Å². The fraction of sp³-hybridized carbons (Fsp3) is 0.200. The minimum absolute atomic E-state index is 0.120. The highest BCUT2D eigenvalue weighted by Gasteiger charge is 2.35. The summed E-state index contributed by atoms with van der Waals surface area (Å²) >= 11 is 13.3. The molecule has 0 bridgehead atoms. The van der Waals surface area contributed by atoms with Gasteiger partial charge in [0.1, 0.15) is 0 Å². The molecule has 2 aromatic carbocycles. The summed E-state index contributed by atoms with van der Waals surface area (Å²) < 4.78 is 10.8. The number of imide groups is 1. The first-order valence-corrected chi connectivity index (χ1v) is 10.0. The summed E-state index contributed by atoms with van der Waals surface area (Å²) in [6.45, 7) is 2.40. The molecule has 2 aromatic rings. The summed E-state index contributed by atoms with van der Waals surface area (Å²) in [5.74, 6) is 0.520. The van der Waals surface area contributed by atoms with Gasteiger partial charge in [-0.1, -0.05) is 41.4 Å². The van der Waals surface area contributed by atoms with Gasteiger partial charge in [-0.2, -0.15) is 0 Å². The van der Waals surface area contributed by atoms with Crippen LogP contribution in [0.5, 0.6) is 11.5 Å². The van der Waals surface area contributed by atoms with Gasteiger partial charge in [0.2, 0.25) is 0 Å². The molecule has 0 atom stereocenters. The van der Waals surface area contributed by atoms with Gasteiger partial charge in [0.25, 0.3) is 11.1 Å². The van der Waals surface area contributed by atoms with Gasteiger partial charge < -0.3 is 9.47 Å². The van der Waals surface area contributed by atoms with E-state index in [4.69, 9.17) is 32.7 Å². The van der Waals surface area contributed by atoms with Crippen molar-refractivity contribution in [3.63, 3.8) is 0 Å². The molecule has 1 aliphatic heterocycles. The van der Waals surface area contributed by atoms with E-state index in [1.807, 2.05) is 13.0 Å². The summed E-state index contributed by atoms with van der Waals surface area (Å²) in [6.07, 6.45) is 1.62. The SMILES string of the molecule is CCOc1cc(/C=C2\SC(=O)N(Cc3ccccc3Cl)C2=O)cc(Cl)c1OC. The van der Waals surface area contributed by atoms with E-state index in [1.165, 1.54) is 12.0 Å². The normalized spacial score (nSPS) is 15.4. The molecule has 0 unspecified atom stereocenters. The van der Waals surface area contributed by atoms with Crippen molar-refractivity contribution in [2.24, 2.45) is 0 Å². The standard InChI is InChI=1S/C20H17Cl2NO4S/c1-3-27-16-9-12(8-15(22)18(16)26-2)10-17-19(24)23(20(25)28-17)11-13-6-4-5-7-14(13)21/h4-10H,3,11H2,1-2H3/b17-10-. The van der Waals surface area contributed by atoms with Crippen LogP contribution in [0.3, 0.4) is 0 Å². The summed E-state index contributed by atoms with van der Waals surface area (Å²) in [5.41, 5.74) is 1.34. The monoisotopic (exact) mass is 437 g/mol. The van der Waals surface area contributed by atoms with E-state index in [2.05, 4.69) is 0 Å². The summed E-state index contributed by atoms with van der Waals surface area (Å²) in [6, 6.07) is 10.5. The Morgan fingerprint density at radius 3 is 2.57 bits per heavy atom. The number of carbonyl (C=O) groups is 2. The van der Waals surface area contributed by atoms with Gasteiger partial charge in [0, 0.05) is 5.02 Å². The molecular formula is C20H17Cl2NO4S. The van der Waals surface area contributed by atoms with E-state index in [9.17, 15) is 9.59 Å². The van der Waals surface area contributed by atoms with Crippen LogP contribution in [-0.4, -0.2) is 29.8 Å². The Kier molecular flexibility index (Phi) is 6.54. The van der Waals surface area contributed by atoms with Crippen molar-refractivity contribution in [3.05, 3.63) is 62.5 Å². The number of carbonyl (C=O) groups excluding carboxylic acids is 2. The van der Waals surface area contributed by atoms with E-state index in [-0.39, 0.29) is 17.7 Å². The Morgan fingerprint density at radius 2 is 1.89 bits per heavy atom. The van der Waals surface area contributed by atoms with Gasteiger partial charge in [-0.3, -0.25) is 14.5 Å². The summed E-state index contributed by atoms with van der Waals surface area (Å²) in [7, 11) is 1.50. The quantitative estimate of drug-likeness (QED) is 0.547. The van der Waals surface area contributed by atoms with Crippen molar-refractivity contribution in [2.45, 2.75) is 13.5 Å². The van der Waals surface area contributed by atoms with Crippen LogP contribution >= 0.6 is 35.0 Å². The fourth-order valence-corrected chi connectivity index (χ4v) is 4.05. The molecule has 1 saturated heterocycles. The first-order chi connectivity index (χ1) is 13.4. The molecule has 146 valence electrons. The molecule has 2 amide bonds. The Labute approximate surface area is 177 Å². The van der Waals surface area contributed by atoms with Gasteiger partial charge in [-0.25, -0.2) is 0 Å². The number of thioether (sulfide) groups is 1. The molecule has 0 spiro atoms. The second-order valence-electron chi connectivity index (χ2n) is 5.83. The van der Waals surface area contributed by atoms with Crippen LogP contribution in [0.1, 0.15) is 18.1 Å². The number of hydrogen-bond donors (Lipinski definition) is 0. The predicted octanol–water partition coefficient (Wildman–Crippen LogP) is 5.64. The van der Waals surface area contributed by atoms with Crippen LogP contribution in [0, 0.1) is 0 Å². The number of rotatable bonds is 6. The number of methoxy groups -OCH3 is 1. The number of nitrogens with zero attached hydrogens (tertiary/aromatic N) is 1. The molecule has 3 rings (SSSR count). The topological polar surface area (TPSA) is 55.8 Å². The molecule has 1 fully saturated rings. The van der Waals surface area contributed by atoms with E-state index in [0.717, 1.165) is 11.8 Å². The fourth-order valence-electron chi connectivity index (χ4n) is 2.72. The number of benzene rings is 2. The zero-order chi connectivity index (χ0) is 20.3. The Hall–Kier alpha value is -2.15. The van der Waals surface area contributed by atoms with Crippen molar-refractivity contribution in [2.75, 3.05) is 13.7 Å². The van der Waals surface area contributed by atoms with Crippen LogP contribution in [-0.2, 0) is 11.3 Å². The Morgan fingerprint density at radius 1 is 1.14 bits per heavy atom. The number of hydrogen-bond acceptors (Lipinski definition) is 5. The largest absolute Gasteiger partial charge is 0.491 e. The van der Waals surface area contributed by atoms with Crippen LogP contribution in [0.4, 0.5) is 4.79 Å². The van der Waals surface area contributed by atoms with Crippen molar-refractivity contribution in [1.82, 2.24) is 4.90 Å². The second-order valence-corrected chi connectivity index (χ2v) is 7.63. The van der Waals surface area contributed by atoms with E-state index >= 15 is 0 Å². The maximum atomic E-state index is 12.7. The Bertz CT molecular complexity index is 961. The third-order valence-electron chi connectivity index (χ3n) is 3.99. The lowest BCUT2D eigenvalue weighted by Gasteiger charge is -2.13. The molecule has 0 saturated carbocycles. The van der Waals surface area contributed by atoms with Crippen molar-refractivity contribution < 1.29 is 19.1 Å². The zero-order valence-corrected chi connectivity index (χ0v) is 17.5. The number of halogens is 2. The minimum atomic E-state index is -0.375. The lowest BCUT2D eigenvalue weighted by molar-refractivity contribution is -0.123. The molecule has 28 heavy (non-hydrogen) atoms. The average Bonchev–Trinajstić information content (AvgIpc) is 2.91. The molecule has 5 nitrogen and oxygen atoms in total. The highest BCUT2D eigenvalue weighted by molar-refractivity contribution is 8.18. The first-order valence-electron chi connectivity index (χ1n) is 8.43. The number of ether oxygens (including phenoxy) is 2. The molecule has 0 aromatic heterocycles. The zero-order valence-electron chi connectivity index (χ0n) is 15.2. The predicted molar refractivity (Wildman–Crippen MR) is 112 cm³/mol. The van der Waals surface area contributed by atoms with Gasteiger partial charge in [-0.15, -0.1) is 0 Å². The highest BCUT2D eigenvalue weighted by atomic mass is 35.5. The average molecular weight is 438 g/mol. The lowest BCUT2D eigenvalue weighted by Crippen LogP contribution is -2.27. The number of amides is 2. The third kappa shape index (κ3) is 4.29. The Balaban J connectivity index is 1.88. The lowest BCUT2D eigenvalue weighted by atomic mass is 10.1.